The highest BCUT2D eigenvalue weighted by Crippen LogP contribution is 2.26. The summed E-state index contributed by atoms with van der Waals surface area (Å²) in [6.07, 6.45) is 7.06. The maximum atomic E-state index is 11.9. The number of Topliss-reactive ketones (excluding diaryl/α,β-unsaturated/α-hetero) is 1. The van der Waals surface area contributed by atoms with E-state index in [1.165, 1.54) is 12.8 Å². The molecule has 0 bridgehead atoms. The minimum absolute atomic E-state index is 0.207. The summed E-state index contributed by atoms with van der Waals surface area (Å²) in [5, 5.41) is 0. The molecule has 0 unspecified atom stereocenters. The van der Waals surface area contributed by atoms with Crippen molar-refractivity contribution >= 4 is 5.78 Å². The van der Waals surface area contributed by atoms with Crippen LogP contribution in [-0.4, -0.2) is 12.4 Å². The summed E-state index contributed by atoms with van der Waals surface area (Å²) in [4.78, 5) is 11.9. The fourth-order valence-electron chi connectivity index (χ4n) is 2.48. The maximum Gasteiger partial charge on any atom is 0.173 e. The molecular formula is C16H20O2. The van der Waals surface area contributed by atoms with Gasteiger partial charge in [0, 0.05) is 5.92 Å². The predicted octanol–water partition coefficient (Wildman–Crippen LogP) is 3.55. The molecule has 0 heterocycles. The summed E-state index contributed by atoms with van der Waals surface area (Å²) in [5.74, 6) is 1.29. The van der Waals surface area contributed by atoms with Crippen molar-refractivity contribution in [3.05, 3.63) is 42.5 Å². The number of ether oxygens (including phenoxy) is 1. The van der Waals surface area contributed by atoms with Gasteiger partial charge in [0.05, 0.1) is 0 Å². The van der Waals surface area contributed by atoms with Gasteiger partial charge in [-0.15, -0.1) is 6.58 Å². The Bertz CT molecular complexity index is 417. The average molecular weight is 244 g/mol. The summed E-state index contributed by atoms with van der Waals surface area (Å²) in [7, 11) is 0. The number of carbonyl (C=O) groups excluding carboxylic acids is 1. The van der Waals surface area contributed by atoms with E-state index in [4.69, 9.17) is 4.74 Å². The summed E-state index contributed by atoms with van der Waals surface area (Å²) in [6, 6.07) is 7.84. The van der Waals surface area contributed by atoms with Crippen molar-refractivity contribution in [2.45, 2.75) is 32.1 Å². The Kier molecular flexibility index (Phi) is 4.57. The van der Waals surface area contributed by atoms with Crippen molar-refractivity contribution in [3.8, 4) is 5.75 Å². The lowest BCUT2D eigenvalue weighted by Gasteiger charge is -2.12. The van der Waals surface area contributed by atoms with Crippen LogP contribution in [0.25, 0.3) is 0 Å². The van der Waals surface area contributed by atoms with Crippen LogP contribution in [0.3, 0.4) is 0 Å². The highest BCUT2D eigenvalue weighted by atomic mass is 16.5. The smallest absolute Gasteiger partial charge is 0.173 e. The van der Waals surface area contributed by atoms with Crippen LogP contribution in [0.4, 0.5) is 0 Å². The van der Waals surface area contributed by atoms with Crippen LogP contribution in [0, 0.1) is 5.92 Å². The number of para-hydroxylation sites is 1. The third-order valence-electron chi connectivity index (χ3n) is 3.52. The molecule has 0 radical (unpaired) electrons. The number of carbonyl (C=O) groups is 1. The molecule has 1 aromatic carbocycles. The summed E-state index contributed by atoms with van der Waals surface area (Å²) in [5.41, 5.74) is 1.09. The van der Waals surface area contributed by atoms with E-state index in [1.54, 1.807) is 0 Å². The molecule has 96 valence electrons. The number of benzene rings is 1. The fourth-order valence-corrected chi connectivity index (χ4v) is 2.48. The van der Waals surface area contributed by atoms with E-state index in [-0.39, 0.29) is 18.3 Å². The molecule has 2 heteroatoms. The predicted molar refractivity (Wildman–Crippen MR) is 72.8 cm³/mol. The number of rotatable bonds is 6. The van der Waals surface area contributed by atoms with E-state index in [1.807, 2.05) is 30.3 Å². The van der Waals surface area contributed by atoms with E-state index in [9.17, 15) is 4.79 Å². The van der Waals surface area contributed by atoms with E-state index in [0.717, 1.165) is 30.6 Å². The first kappa shape index (κ1) is 12.9. The average Bonchev–Trinajstić information content (AvgIpc) is 2.92. The second-order valence-electron chi connectivity index (χ2n) is 4.84. The van der Waals surface area contributed by atoms with Gasteiger partial charge in [-0.25, -0.2) is 0 Å². The lowest BCUT2D eigenvalue weighted by Crippen LogP contribution is -2.19. The zero-order chi connectivity index (χ0) is 12.8. The van der Waals surface area contributed by atoms with Gasteiger partial charge in [0.15, 0.2) is 5.78 Å². The van der Waals surface area contributed by atoms with Gasteiger partial charge < -0.3 is 4.74 Å². The Morgan fingerprint density at radius 3 is 2.78 bits per heavy atom. The van der Waals surface area contributed by atoms with E-state index in [2.05, 4.69) is 6.58 Å². The molecule has 0 N–H and O–H groups in total. The zero-order valence-electron chi connectivity index (χ0n) is 10.7. The Labute approximate surface area is 109 Å². The first-order valence-corrected chi connectivity index (χ1v) is 6.65. The first-order chi connectivity index (χ1) is 8.81. The number of hydrogen-bond acceptors (Lipinski definition) is 2. The zero-order valence-corrected chi connectivity index (χ0v) is 10.7. The molecule has 0 saturated heterocycles. The van der Waals surface area contributed by atoms with Gasteiger partial charge in [-0.3, -0.25) is 4.79 Å². The SMILES string of the molecule is C=CCc1ccccc1OCC(=O)C1CCCC1. The van der Waals surface area contributed by atoms with Crippen LogP contribution < -0.4 is 4.74 Å². The molecule has 1 aromatic rings. The molecule has 1 aliphatic rings. The van der Waals surface area contributed by atoms with E-state index >= 15 is 0 Å². The Hall–Kier alpha value is -1.57. The Morgan fingerprint density at radius 1 is 1.33 bits per heavy atom. The van der Waals surface area contributed by atoms with Crippen molar-refractivity contribution in [2.24, 2.45) is 5.92 Å². The first-order valence-electron chi connectivity index (χ1n) is 6.65. The minimum atomic E-state index is 0.207. The van der Waals surface area contributed by atoms with Crippen LogP contribution in [0.2, 0.25) is 0 Å². The van der Waals surface area contributed by atoms with Crippen molar-refractivity contribution < 1.29 is 9.53 Å². The highest BCUT2D eigenvalue weighted by molar-refractivity contribution is 5.82. The van der Waals surface area contributed by atoms with Gasteiger partial charge in [0.1, 0.15) is 12.4 Å². The Balaban J connectivity index is 1.92. The molecule has 1 fully saturated rings. The van der Waals surface area contributed by atoms with Gasteiger partial charge >= 0.3 is 0 Å². The van der Waals surface area contributed by atoms with Crippen LogP contribution in [-0.2, 0) is 11.2 Å². The van der Waals surface area contributed by atoms with Gasteiger partial charge in [0.2, 0.25) is 0 Å². The lowest BCUT2D eigenvalue weighted by molar-refractivity contribution is -0.124. The summed E-state index contributed by atoms with van der Waals surface area (Å²) >= 11 is 0. The summed E-state index contributed by atoms with van der Waals surface area (Å²) in [6.45, 7) is 3.94. The van der Waals surface area contributed by atoms with Crippen molar-refractivity contribution in [1.29, 1.82) is 0 Å². The molecule has 0 spiro atoms. The lowest BCUT2D eigenvalue weighted by atomic mass is 10.0. The second-order valence-corrected chi connectivity index (χ2v) is 4.84. The molecule has 2 rings (SSSR count). The minimum Gasteiger partial charge on any atom is -0.486 e. The topological polar surface area (TPSA) is 26.3 Å². The fraction of sp³-hybridized carbons (Fsp3) is 0.438. The molecule has 1 aliphatic carbocycles. The molecule has 18 heavy (non-hydrogen) atoms. The van der Waals surface area contributed by atoms with Gasteiger partial charge in [-0.05, 0) is 30.9 Å². The monoisotopic (exact) mass is 244 g/mol. The molecule has 0 amide bonds. The van der Waals surface area contributed by atoms with Crippen LogP contribution >= 0.6 is 0 Å². The number of hydrogen-bond donors (Lipinski definition) is 0. The van der Waals surface area contributed by atoms with Gasteiger partial charge in [0.25, 0.3) is 0 Å². The van der Waals surface area contributed by atoms with Gasteiger partial charge in [-0.2, -0.15) is 0 Å². The highest BCUT2D eigenvalue weighted by Gasteiger charge is 2.22. The molecule has 0 aliphatic heterocycles. The molecular weight excluding hydrogens is 224 g/mol. The van der Waals surface area contributed by atoms with E-state index in [0.29, 0.717) is 0 Å². The van der Waals surface area contributed by atoms with Crippen LogP contribution in [0.5, 0.6) is 5.75 Å². The quantitative estimate of drug-likeness (QED) is 0.715. The maximum absolute atomic E-state index is 11.9. The number of ketones is 1. The second kappa shape index (κ2) is 6.39. The van der Waals surface area contributed by atoms with Crippen molar-refractivity contribution in [2.75, 3.05) is 6.61 Å². The van der Waals surface area contributed by atoms with Crippen molar-refractivity contribution in [3.63, 3.8) is 0 Å². The Morgan fingerprint density at radius 2 is 2.06 bits per heavy atom. The molecule has 2 nitrogen and oxygen atoms in total. The molecule has 0 aromatic heterocycles. The van der Waals surface area contributed by atoms with Crippen LogP contribution in [0.1, 0.15) is 31.2 Å². The van der Waals surface area contributed by atoms with Crippen molar-refractivity contribution in [1.82, 2.24) is 0 Å². The third-order valence-corrected chi connectivity index (χ3v) is 3.52. The van der Waals surface area contributed by atoms with E-state index < -0.39 is 0 Å². The summed E-state index contributed by atoms with van der Waals surface area (Å²) < 4.78 is 5.67. The normalized spacial score (nSPS) is 15.6. The number of allylic oxidation sites excluding steroid dienone is 1. The standard InChI is InChI=1S/C16H20O2/c1-2-7-14-10-5-6-11-16(14)18-12-15(17)13-8-3-4-9-13/h2,5-6,10-11,13H,1,3-4,7-9,12H2. The molecule has 1 saturated carbocycles. The van der Waals surface area contributed by atoms with Crippen LogP contribution in [0.15, 0.2) is 36.9 Å². The van der Waals surface area contributed by atoms with Gasteiger partial charge in [-0.1, -0.05) is 37.1 Å². The third kappa shape index (κ3) is 3.22. The largest absolute Gasteiger partial charge is 0.486 e. The molecule has 0 atom stereocenters.